The van der Waals surface area contributed by atoms with Gasteiger partial charge in [0.2, 0.25) is 6.79 Å². The highest BCUT2D eigenvalue weighted by atomic mass is 32.1. The highest BCUT2D eigenvalue weighted by Crippen LogP contribution is 2.32. The van der Waals surface area contributed by atoms with Gasteiger partial charge in [-0.2, -0.15) is 0 Å². The van der Waals surface area contributed by atoms with Gasteiger partial charge in [-0.05, 0) is 24.6 Å². The summed E-state index contributed by atoms with van der Waals surface area (Å²) in [6.07, 6.45) is 1.93. The number of amides is 2. The van der Waals surface area contributed by atoms with Crippen LogP contribution in [-0.4, -0.2) is 30.1 Å². The molecule has 0 fully saturated rings. The summed E-state index contributed by atoms with van der Waals surface area (Å²) in [6.45, 7) is 2.83. The zero-order chi connectivity index (χ0) is 16.9. The van der Waals surface area contributed by atoms with E-state index in [1.807, 2.05) is 0 Å². The van der Waals surface area contributed by atoms with E-state index in [1.54, 1.807) is 23.6 Å². The number of anilines is 1. The minimum atomic E-state index is -0.319. The van der Waals surface area contributed by atoms with Crippen LogP contribution in [0.2, 0.25) is 0 Å². The van der Waals surface area contributed by atoms with Gasteiger partial charge in [0.25, 0.3) is 11.8 Å². The van der Waals surface area contributed by atoms with Crippen molar-refractivity contribution >= 4 is 28.3 Å². The van der Waals surface area contributed by atoms with Gasteiger partial charge in [0.15, 0.2) is 16.6 Å². The number of unbranched alkanes of at least 4 members (excludes halogenated alkanes) is 1. The third-order valence-corrected chi connectivity index (χ3v) is 4.17. The molecule has 0 aliphatic carbocycles. The summed E-state index contributed by atoms with van der Waals surface area (Å²) in [6, 6.07) is 4.95. The summed E-state index contributed by atoms with van der Waals surface area (Å²) >= 11 is 1.21. The maximum absolute atomic E-state index is 12.3. The predicted octanol–water partition coefficient (Wildman–Crippen LogP) is 2.65. The number of nitrogens with one attached hydrogen (secondary N) is 2. The zero-order valence-corrected chi connectivity index (χ0v) is 13.9. The van der Waals surface area contributed by atoms with Crippen LogP contribution in [0.5, 0.6) is 11.5 Å². The number of rotatable bonds is 6. The molecule has 24 heavy (non-hydrogen) atoms. The minimum Gasteiger partial charge on any atom is -0.454 e. The van der Waals surface area contributed by atoms with Crippen LogP contribution in [0.3, 0.4) is 0 Å². The van der Waals surface area contributed by atoms with E-state index in [0.717, 1.165) is 12.8 Å². The Labute approximate surface area is 143 Å². The van der Waals surface area contributed by atoms with Crippen molar-refractivity contribution in [3.8, 4) is 11.5 Å². The Bertz CT molecular complexity index is 760. The first-order valence-corrected chi connectivity index (χ1v) is 8.50. The number of fused-ring (bicyclic) bond motifs is 1. The lowest BCUT2D eigenvalue weighted by Gasteiger charge is -2.03. The Kier molecular flexibility index (Phi) is 4.95. The number of ether oxygens (including phenoxy) is 2. The van der Waals surface area contributed by atoms with Crippen molar-refractivity contribution in [2.45, 2.75) is 19.8 Å². The SMILES string of the molecule is CCCCNC(=O)c1csc(NC(=O)c2ccc3c(c2)OCO3)n1. The molecule has 1 aliphatic heterocycles. The van der Waals surface area contributed by atoms with Crippen LogP contribution in [-0.2, 0) is 0 Å². The molecular weight excluding hydrogens is 330 g/mol. The largest absolute Gasteiger partial charge is 0.454 e. The monoisotopic (exact) mass is 347 g/mol. The molecule has 0 spiro atoms. The highest BCUT2D eigenvalue weighted by Gasteiger charge is 2.17. The van der Waals surface area contributed by atoms with E-state index in [-0.39, 0.29) is 18.6 Å². The quantitative estimate of drug-likeness (QED) is 0.784. The lowest BCUT2D eigenvalue weighted by molar-refractivity contribution is 0.0947. The second kappa shape index (κ2) is 7.31. The van der Waals surface area contributed by atoms with E-state index in [9.17, 15) is 9.59 Å². The van der Waals surface area contributed by atoms with Crippen LogP contribution >= 0.6 is 11.3 Å². The molecule has 0 unspecified atom stereocenters. The van der Waals surface area contributed by atoms with Crippen molar-refractivity contribution in [2.75, 3.05) is 18.7 Å². The van der Waals surface area contributed by atoms with Gasteiger partial charge in [0.1, 0.15) is 5.69 Å². The Balaban J connectivity index is 1.62. The second-order valence-electron chi connectivity index (χ2n) is 5.17. The van der Waals surface area contributed by atoms with Gasteiger partial charge in [-0.15, -0.1) is 11.3 Å². The normalized spacial score (nSPS) is 12.0. The number of benzene rings is 1. The Morgan fingerprint density at radius 1 is 1.25 bits per heavy atom. The van der Waals surface area contributed by atoms with E-state index in [2.05, 4.69) is 22.5 Å². The summed E-state index contributed by atoms with van der Waals surface area (Å²) in [5, 5.41) is 7.47. The summed E-state index contributed by atoms with van der Waals surface area (Å²) in [5.74, 6) is 0.605. The lowest BCUT2D eigenvalue weighted by Crippen LogP contribution is -2.24. The molecule has 1 aromatic carbocycles. The molecule has 0 atom stereocenters. The first-order valence-electron chi connectivity index (χ1n) is 7.62. The van der Waals surface area contributed by atoms with Gasteiger partial charge in [-0.25, -0.2) is 4.98 Å². The van der Waals surface area contributed by atoms with Crippen LogP contribution in [0, 0.1) is 0 Å². The third-order valence-electron chi connectivity index (χ3n) is 3.41. The molecule has 0 radical (unpaired) electrons. The molecule has 1 aliphatic rings. The zero-order valence-electron chi connectivity index (χ0n) is 13.1. The molecule has 3 rings (SSSR count). The number of hydrogen-bond donors (Lipinski definition) is 2. The fourth-order valence-corrected chi connectivity index (χ4v) is 2.80. The molecule has 0 bridgehead atoms. The topological polar surface area (TPSA) is 89.6 Å². The molecule has 1 aromatic heterocycles. The Morgan fingerprint density at radius 3 is 2.92 bits per heavy atom. The van der Waals surface area contributed by atoms with Crippen molar-refractivity contribution in [3.63, 3.8) is 0 Å². The highest BCUT2D eigenvalue weighted by molar-refractivity contribution is 7.14. The average Bonchev–Trinajstić information content (AvgIpc) is 3.23. The van der Waals surface area contributed by atoms with Crippen LogP contribution in [0.25, 0.3) is 0 Å². The summed E-state index contributed by atoms with van der Waals surface area (Å²) in [4.78, 5) is 28.3. The number of thiazole rings is 1. The van der Waals surface area contributed by atoms with E-state index in [4.69, 9.17) is 9.47 Å². The standard InChI is InChI=1S/C16H17N3O4S/c1-2-3-6-17-15(21)11-8-24-16(18-11)19-14(20)10-4-5-12-13(7-10)23-9-22-12/h4-5,7-8H,2-3,6,9H2,1H3,(H,17,21)(H,18,19,20). The van der Waals surface area contributed by atoms with Crippen LogP contribution in [0.4, 0.5) is 5.13 Å². The molecule has 2 amide bonds. The predicted molar refractivity (Wildman–Crippen MR) is 89.9 cm³/mol. The third kappa shape index (κ3) is 3.65. The molecule has 8 heteroatoms. The van der Waals surface area contributed by atoms with Crippen molar-refractivity contribution in [2.24, 2.45) is 0 Å². The Hall–Kier alpha value is -2.61. The Morgan fingerprint density at radius 2 is 2.08 bits per heavy atom. The van der Waals surface area contributed by atoms with Crippen molar-refractivity contribution in [1.29, 1.82) is 0 Å². The number of carbonyl (C=O) groups is 2. The van der Waals surface area contributed by atoms with Crippen LogP contribution < -0.4 is 20.1 Å². The average molecular weight is 347 g/mol. The molecule has 0 saturated carbocycles. The van der Waals surface area contributed by atoms with Gasteiger partial charge in [-0.3, -0.25) is 14.9 Å². The van der Waals surface area contributed by atoms with E-state index >= 15 is 0 Å². The molecule has 2 aromatic rings. The molecule has 7 nitrogen and oxygen atoms in total. The fourth-order valence-electron chi connectivity index (χ4n) is 2.11. The first-order chi connectivity index (χ1) is 11.7. The van der Waals surface area contributed by atoms with E-state index < -0.39 is 0 Å². The fraction of sp³-hybridized carbons (Fsp3) is 0.312. The second-order valence-corrected chi connectivity index (χ2v) is 6.03. The number of nitrogens with zero attached hydrogens (tertiary/aromatic N) is 1. The summed E-state index contributed by atoms with van der Waals surface area (Å²) in [7, 11) is 0. The van der Waals surface area contributed by atoms with Crippen molar-refractivity contribution in [1.82, 2.24) is 10.3 Å². The van der Waals surface area contributed by atoms with Crippen LogP contribution in [0.1, 0.15) is 40.6 Å². The number of aromatic nitrogens is 1. The van der Waals surface area contributed by atoms with Gasteiger partial charge in [0.05, 0.1) is 0 Å². The number of carbonyl (C=O) groups excluding carboxylic acids is 2. The van der Waals surface area contributed by atoms with E-state index in [0.29, 0.717) is 34.4 Å². The molecule has 2 N–H and O–H groups in total. The maximum atomic E-state index is 12.3. The molecular formula is C16H17N3O4S. The summed E-state index contributed by atoms with van der Waals surface area (Å²) in [5.41, 5.74) is 0.737. The van der Waals surface area contributed by atoms with Crippen LogP contribution in [0.15, 0.2) is 23.6 Å². The van der Waals surface area contributed by atoms with Crippen molar-refractivity contribution < 1.29 is 19.1 Å². The molecule has 2 heterocycles. The van der Waals surface area contributed by atoms with Gasteiger partial charge < -0.3 is 14.8 Å². The number of hydrogen-bond acceptors (Lipinski definition) is 6. The lowest BCUT2D eigenvalue weighted by atomic mass is 10.2. The first kappa shape index (κ1) is 16.3. The van der Waals surface area contributed by atoms with E-state index in [1.165, 1.54) is 11.3 Å². The molecule has 126 valence electrons. The maximum Gasteiger partial charge on any atom is 0.270 e. The van der Waals surface area contributed by atoms with Gasteiger partial charge >= 0.3 is 0 Å². The summed E-state index contributed by atoms with van der Waals surface area (Å²) < 4.78 is 10.5. The van der Waals surface area contributed by atoms with Crippen molar-refractivity contribution in [3.05, 3.63) is 34.8 Å². The van der Waals surface area contributed by atoms with Gasteiger partial charge in [-0.1, -0.05) is 13.3 Å². The molecule has 0 saturated heterocycles. The van der Waals surface area contributed by atoms with Gasteiger partial charge in [0, 0.05) is 17.5 Å². The minimum absolute atomic E-state index is 0.156. The smallest absolute Gasteiger partial charge is 0.270 e.